The van der Waals surface area contributed by atoms with E-state index in [0.29, 0.717) is 12.2 Å². The first-order chi connectivity index (χ1) is 13.3. The van der Waals surface area contributed by atoms with Crippen LogP contribution in [0.1, 0.15) is 41.0 Å². The summed E-state index contributed by atoms with van der Waals surface area (Å²) in [7, 11) is 1.84. The molecule has 0 saturated carbocycles. The molecule has 1 amide bonds. The number of carbonyl (C=O) groups excluding carboxylic acids is 1. The first-order valence-corrected chi connectivity index (χ1v) is 10.6. The molecule has 2 aromatic heterocycles. The predicted molar refractivity (Wildman–Crippen MR) is 117 cm³/mol. The summed E-state index contributed by atoms with van der Waals surface area (Å²) in [6, 6.07) is 4.21. The summed E-state index contributed by atoms with van der Waals surface area (Å²) in [4.78, 5) is 22.4. The van der Waals surface area contributed by atoms with Crippen molar-refractivity contribution in [1.82, 2.24) is 19.7 Å². The van der Waals surface area contributed by atoms with Gasteiger partial charge in [-0.2, -0.15) is 5.10 Å². The minimum absolute atomic E-state index is 0.0845. The minimum Gasteiger partial charge on any atom is -0.302 e. The highest BCUT2D eigenvalue weighted by Gasteiger charge is 2.25. The number of anilines is 1. The van der Waals surface area contributed by atoms with Crippen molar-refractivity contribution in [2.24, 2.45) is 7.05 Å². The van der Waals surface area contributed by atoms with Crippen LogP contribution in [-0.4, -0.2) is 51.8 Å². The van der Waals surface area contributed by atoms with Crippen LogP contribution in [0.2, 0.25) is 0 Å². The molecule has 3 rings (SSSR count). The zero-order chi connectivity index (χ0) is 20.4. The number of amides is 1. The number of hydrogen-bond acceptors (Lipinski definition) is 5. The van der Waals surface area contributed by atoms with Gasteiger partial charge in [0, 0.05) is 31.9 Å². The molecule has 3 aromatic rings. The Kier molecular flexibility index (Phi) is 6.15. The summed E-state index contributed by atoms with van der Waals surface area (Å²) < 4.78 is 2.80. The van der Waals surface area contributed by atoms with Crippen molar-refractivity contribution >= 4 is 32.6 Å². The Labute approximate surface area is 170 Å². The van der Waals surface area contributed by atoms with Gasteiger partial charge in [0.2, 0.25) is 0 Å². The summed E-state index contributed by atoms with van der Waals surface area (Å²) >= 11 is 1.57. The molecule has 0 bridgehead atoms. The summed E-state index contributed by atoms with van der Waals surface area (Å²) in [5, 5.41) is 5.14. The number of aryl methyl sites for hydroxylation is 4. The lowest BCUT2D eigenvalue weighted by atomic mass is 10.1. The van der Waals surface area contributed by atoms with Gasteiger partial charge in [-0.05, 0) is 51.1 Å². The zero-order valence-electron chi connectivity index (χ0n) is 17.6. The van der Waals surface area contributed by atoms with Gasteiger partial charge in [-0.15, -0.1) is 0 Å². The molecule has 0 N–H and O–H groups in total. The number of rotatable bonds is 7. The van der Waals surface area contributed by atoms with Crippen LogP contribution in [-0.2, 0) is 7.05 Å². The minimum atomic E-state index is -0.0845. The fraction of sp³-hybridized carbons (Fsp3) is 0.476. The first-order valence-electron chi connectivity index (χ1n) is 9.76. The molecule has 0 aliphatic heterocycles. The van der Waals surface area contributed by atoms with E-state index in [1.165, 1.54) is 11.1 Å². The molecule has 0 fully saturated rings. The van der Waals surface area contributed by atoms with Gasteiger partial charge in [0.1, 0.15) is 0 Å². The maximum Gasteiger partial charge on any atom is 0.280 e. The van der Waals surface area contributed by atoms with Crippen LogP contribution in [0.25, 0.3) is 10.2 Å². The Morgan fingerprint density at radius 3 is 2.43 bits per heavy atom. The molecule has 28 heavy (non-hydrogen) atoms. The summed E-state index contributed by atoms with van der Waals surface area (Å²) in [6.07, 6.45) is 1.88. The summed E-state index contributed by atoms with van der Waals surface area (Å²) in [6.45, 7) is 13.7. The summed E-state index contributed by atoms with van der Waals surface area (Å²) in [5.41, 5.74) is 4.75. The molecule has 150 valence electrons. The maximum atomic E-state index is 13.4. The Bertz CT molecular complexity index is 986. The van der Waals surface area contributed by atoms with Gasteiger partial charge in [-0.1, -0.05) is 31.3 Å². The van der Waals surface area contributed by atoms with E-state index < -0.39 is 0 Å². The average molecular weight is 400 g/mol. The molecule has 1 aromatic carbocycles. The molecule has 6 nitrogen and oxygen atoms in total. The third-order valence-electron chi connectivity index (χ3n) is 5.30. The topological polar surface area (TPSA) is 54.3 Å². The van der Waals surface area contributed by atoms with Gasteiger partial charge in [-0.25, -0.2) is 4.98 Å². The van der Waals surface area contributed by atoms with E-state index >= 15 is 0 Å². The van der Waals surface area contributed by atoms with Crippen molar-refractivity contribution in [3.8, 4) is 0 Å². The van der Waals surface area contributed by atoms with Gasteiger partial charge in [0.15, 0.2) is 10.8 Å². The van der Waals surface area contributed by atoms with Crippen molar-refractivity contribution < 1.29 is 4.79 Å². The second-order valence-electron chi connectivity index (χ2n) is 7.17. The molecule has 0 atom stereocenters. The van der Waals surface area contributed by atoms with Gasteiger partial charge in [0.25, 0.3) is 5.91 Å². The highest BCUT2D eigenvalue weighted by molar-refractivity contribution is 7.22. The van der Waals surface area contributed by atoms with Gasteiger partial charge in [0.05, 0.1) is 10.2 Å². The molecular weight excluding hydrogens is 370 g/mol. The fourth-order valence-corrected chi connectivity index (χ4v) is 4.39. The number of carbonyl (C=O) groups is 1. The van der Waals surface area contributed by atoms with Crippen molar-refractivity contribution in [1.29, 1.82) is 0 Å². The monoisotopic (exact) mass is 399 g/mol. The molecule has 0 aliphatic carbocycles. The van der Waals surface area contributed by atoms with Crippen molar-refractivity contribution in [3.63, 3.8) is 0 Å². The Balaban J connectivity index is 2.01. The second-order valence-corrected chi connectivity index (χ2v) is 8.18. The third kappa shape index (κ3) is 3.95. The second kappa shape index (κ2) is 8.41. The molecule has 0 saturated heterocycles. The highest BCUT2D eigenvalue weighted by atomic mass is 32.1. The van der Waals surface area contributed by atoms with Crippen LogP contribution in [0.5, 0.6) is 0 Å². The standard InChI is InChI=1S/C21H29N5OS/c1-7-25(8-2)11-12-26(20(27)18-15(4)13-24(6)23-18)21-22-19-16(5)14(3)9-10-17(19)28-21/h9-10,13H,7-8,11-12H2,1-6H3. The smallest absolute Gasteiger partial charge is 0.280 e. The number of aromatic nitrogens is 3. The van der Waals surface area contributed by atoms with Crippen LogP contribution >= 0.6 is 11.3 Å². The number of nitrogens with zero attached hydrogens (tertiary/aromatic N) is 5. The van der Waals surface area contributed by atoms with Crippen molar-refractivity contribution in [3.05, 3.63) is 40.7 Å². The van der Waals surface area contributed by atoms with E-state index in [9.17, 15) is 4.79 Å². The Hall–Kier alpha value is -2.25. The number of fused-ring (bicyclic) bond motifs is 1. The van der Waals surface area contributed by atoms with E-state index in [4.69, 9.17) is 4.98 Å². The van der Waals surface area contributed by atoms with E-state index in [1.807, 2.05) is 20.2 Å². The largest absolute Gasteiger partial charge is 0.302 e. The van der Waals surface area contributed by atoms with Crippen LogP contribution in [0, 0.1) is 20.8 Å². The average Bonchev–Trinajstić information content (AvgIpc) is 3.24. The molecular formula is C21H29N5OS. The van der Waals surface area contributed by atoms with Crippen LogP contribution < -0.4 is 4.90 Å². The van der Waals surface area contributed by atoms with Crippen molar-refractivity contribution in [2.45, 2.75) is 34.6 Å². The lowest BCUT2D eigenvalue weighted by Crippen LogP contribution is -2.39. The van der Waals surface area contributed by atoms with E-state index in [2.05, 4.69) is 49.8 Å². The quantitative estimate of drug-likeness (QED) is 0.604. The SMILES string of the molecule is CCN(CC)CCN(C(=O)c1nn(C)cc1C)c1nc2c(C)c(C)ccc2s1. The lowest BCUT2D eigenvalue weighted by molar-refractivity contribution is 0.0977. The third-order valence-corrected chi connectivity index (χ3v) is 6.34. The predicted octanol–water partition coefficient (Wildman–Crippen LogP) is 3.94. The van der Waals surface area contributed by atoms with E-state index in [0.717, 1.165) is 40.5 Å². The normalized spacial score (nSPS) is 11.5. The number of hydrogen-bond donors (Lipinski definition) is 0. The van der Waals surface area contributed by atoms with Crippen LogP contribution in [0.4, 0.5) is 5.13 Å². The van der Waals surface area contributed by atoms with Gasteiger partial charge in [-0.3, -0.25) is 14.4 Å². The summed E-state index contributed by atoms with van der Waals surface area (Å²) in [5.74, 6) is -0.0845. The Morgan fingerprint density at radius 2 is 1.82 bits per heavy atom. The van der Waals surface area contributed by atoms with Gasteiger partial charge >= 0.3 is 0 Å². The highest BCUT2D eigenvalue weighted by Crippen LogP contribution is 2.32. The van der Waals surface area contributed by atoms with Crippen LogP contribution in [0.3, 0.4) is 0 Å². The number of likely N-dealkylation sites (N-methyl/N-ethyl adjacent to an activating group) is 1. The van der Waals surface area contributed by atoms with Crippen molar-refractivity contribution in [2.75, 3.05) is 31.1 Å². The number of thiazole rings is 1. The zero-order valence-corrected chi connectivity index (χ0v) is 18.4. The van der Waals surface area contributed by atoms with E-state index in [-0.39, 0.29) is 5.91 Å². The van der Waals surface area contributed by atoms with E-state index in [1.54, 1.807) is 20.9 Å². The van der Waals surface area contributed by atoms with Gasteiger partial charge < -0.3 is 4.90 Å². The molecule has 2 heterocycles. The van der Waals surface area contributed by atoms with Crippen LogP contribution in [0.15, 0.2) is 18.3 Å². The first kappa shape index (κ1) is 20.5. The molecule has 7 heteroatoms. The fourth-order valence-electron chi connectivity index (χ4n) is 3.34. The lowest BCUT2D eigenvalue weighted by Gasteiger charge is -2.24. The molecule has 0 unspecified atom stereocenters. The Morgan fingerprint density at radius 1 is 1.11 bits per heavy atom. The maximum absolute atomic E-state index is 13.4. The molecule has 0 radical (unpaired) electrons. The molecule has 0 aliphatic rings. The number of benzene rings is 1. The molecule has 0 spiro atoms.